The fourth-order valence-corrected chi connectivity index (χ4v) is 0.790. The van der Waals surface area contributed by atoms with Gasteiger partial charge in [0.05, 0.1) is 6.54 Å². The first-order valence-electron chi connectivity index (χ1n) is 3.61. The van der Waals surface area contributed by atoms with Crippen molar-refractivity contribution in [2.75, 3.05) is 6.54 Å². The van der Waals surface area contributed by atoms with Gasteiger partial charge in [-0.25, -0.2) is 4.98 Å². The molecule has 0 atom stereocenters. The molecule has 0 aliphatic carbocycles. The number of aldehydes is 1. The second-order valence-corrected chi connectivity index (χ2v) is 2.25. The summed E-state index contributed by atoms with van der Waals surface area (Å²) in [6, 6.07) is 2.86. The number of hydrogen-bond acceptors (Lipinski definition) is 4. The quantitative estimate of drug-likeness (QED) is 0.627. The molecule has 0 spiro atoms. The highest BCUT2D eigenvalue weighted by molar-refractivity contribution is 5.95. The summed E-state index contributed by atoms with van der Waals surface area (Å²) in [5.74, 6) is -0.768. The summed E-state index contributed by atoms with van der Waals surface area (Å²) < 4.78 is 0. The monoisotopic (exact) mass is 180 g/mol. The maximum absolute atomic E-state index is 11.1. The molecular formula is C8H8N2O3. The van der Waals surface area contributed by atoms with E-state index in [9.17, 15) is 9.59 Å². The Hall–Kier alpha value is -1.91. The number of aromatic nitrogens is 1. The molecule has 0 fully saturated rings. The van der Waals surface area contributed by atoms with E-state index in [0.717, 1.165) is 0 Å². The van der Waals surface area contributed by atoms with Gasteiger partial charge in [-0.15, -0.1) is 0 Å². The van der Waals surface area contributed by atoms with Gasteiger partial charge in [0, 0.05) is 6.20 Å². The van der Waals surface area contributed by atoms with E-state index in [1.54, 1.807) is 0 Å². The van der Waals surface area contributed by atoms with Crippen LogP contribution in [0.1, 0.15) is 10.5 Å². The zero-order valence-corrected chi connectivity index (χ0v) is 6.73. The lowest BCUT2D eigenvalue weighted by Crippen LogP contribution is -2.25. The molecular weight excluding hydrogens is 172 g/mol. The molecule has 0 saturated heterocycles. The number of rotatable bonds is 3. The first-order chi connectivity index (χ1) is 6.25. The lowest BCUT2D eigenvalue weighted by Gasteiger charge is -2.01. The number of carbonyl (C=O) groups is 2. The Bertz CT molecular complexity index is 325. The van der Waals surface area contributed by atoms with E-state index in [1.165, 1.54) is 18.3 Å². The van der Waals surface area contributed by atoms with Gasteiger partial charge in [-0.05, 0) is 12.1 Å². The van der Waals surface area contributed by atoms with Crippen molar-refractivity contribution in [2.45, 2.75) is 0 Å². The number of aromatic hydroxyl groups is 1. The summed E-state index contributed by atoms with van der Waals surface area (Å²) in [5.41, 5.74) is -0.0793. The SMILES string of the molecule is O=CCNC(=O)c1ncccc1O. The van der Waals surface area contributed by atoms with Crippen LogP contribution >= 0.6 is 0 Å². The summed E-state index contributed by atoms with van der Waals surface area (Å²) in [4.78, 5) is 24.7. The predicted octanol–water partition coefficient (Wildman–Crippen LogP) is -0.284. The van der Waals surface area contributed by atoms with E-state index in [-0.39, 0.29) is 18.0 Å². The van der Waals surface area contributed by atoms with E-state index >= 15 is 0 Å². The van der Waals surface area contributed by atoms with Crippen LogP contribution in [0, 0.1) is 0 Å². The molecule has 0 aliphatic rings. The van der Waals surface area contributed by atoms with Crippen LogP contribution in [-0.2, 0) is 4.79 Å². The highest BCUT2D eigenvalue weighted by atomic mass is 16.3. The Balaban J connectivity index is 2.76. The van der Waals surface area contributed by atoms with Crippen molar-refractivity contribution in [3.05, 3.63) is 24.0 Å². The molecule has 1 aromatic rings. The Morgan fingerprint density at radius 2 is 2.46 bits per heavy atom. The summed E-state index contributed by atoms with van der Waals surface area (Å²) in [7, 11) is 0. The minimum absolute atomic E-state index is 0.0793. The Labute approximate surface area is 74.4 Å². The van der Waals surface area contributed by atoms with Crippen molar-refractivity contribution in [1.82, 2.24) is 10.3 Å². The number of nitrogens with one attached hydrogen (secondary N) is 1. The fraction of sp³-hybridized carbons (Fsp3) is 0.125. The maximum atomic E-state index is 11.1. The number of nitrogens with zero attached hydrogens (tertiary/aromatic N) is 1. The largest absolute Gasteiger partial charge is 0.505 e. The van der Waals surface area contributed by atoms with Crippen LogP contribution in [0.25, 0.3) is 0 Å². The first kappa shape index (κ1) is 9.18. The zero-order chi connectivity index (χ0) is 9.68. The minimum atomic E-state index is -0.565. The summed E-state index contributed by atoms with van der Waals surface area (Å²) >= 11 is 0. The van der Waals surface area contributed by atoms with E-state index in [1.807, 2.05) is 0 Å². The van der Waals surface area contributed by atoms with Crippen LogP contribution < -0.4 is 5.32 Å². The molecule has 5 heteroatoms. The Morgan fingerprint density at radius 1 is 1.69 bits per heavy atom. The van der Waals surface area contributed by atoms with Crippen molar-refractivity contribution < 1.29 is 14.7 Å². The van der Waals surface area contributed by atoms with Gasteiger partial charge in [0.25, 0.3) is 5.91 Å². The van der Waals surface area contributed by atoms with Crippen LogP contribution in [-0.4, -0.2) is 28.8 Å². The molecule has 0 aromatic carbocycles. The smallest absolute Gasteiger partial charge is 0.274 e. The minimum Gasteiger partial charge on any atom is -0.505 e. The Kier molecular flexibility index (Phi) is 2.97. The van der Waals surface area contributed by atoms with Crippen LogP contribution in [0.3, 0.4) is 0 Å². The molecule has 0 aliphatic heterocycles. The summed E-state index contributed by atoms with van der Waals surface area (Å²) in [6.45, 7) is -0.0884. The molecule has 5 nitrogen and oxygen atoms in total. The van der Waals surface area contributed by atoms with E-state index in [2.05, 4.69) is 10.3 Å². The zero-order valence-electron chi connectivity index (χ0n) is 6.73. The molecule has 1 amide bonds. The van der Waals surface area contributed by atoms with Crippen molar-refractivity contribution >= 4 is 12.2 Å². The average Bonchev–Trinajstić information content (AvgIpc) is 2.15. The number of carbonyl (C=O) groups excluding carboxylic acids is 2. The van der Waals surface area contributed by atoms with Crippen molar-refractivity contribution in [3.8, 4) is 5.75 Å². The Morgan fingerprint density at radius 3 is 3.08 bits per heavy atom. The third kappa shape index (κ3) is 2.26. The lowest BCUT2D eigenvalue weighted by molar-refractivity contribution is -0.107. The fourth-order valence-electron chi connectivity index (χ4n) is 0.790. The van der Waals surface area contributed by atoms with Gasteiger partial charge < -0.3 is 15.2 Å². The number of pyridine rings is 1. The van der Waals surface area contributed by atoms with E-state index in [0.29, 0.717) is 6.29 Å². The normalized spacial score (nSPS) is 9.23. The topological polar surface area (TPSA) is 79.3 Å². The van der Waals surface area contributed by atoms with E-state index < -0.39 is 5.91 Å². The van der Waals surface area contributed by atoms with Gasteiger partial charge in [-0.2, -0.15) is 0 Å². The van der Waals surface area contributed by atoms with Crippen molar-refractivity contribution in [1.29, 1.82) is 0 Å². The van der Waals surface area contributed by atoms with Gasteiger partial charge in [0.1, 0.15) is 12.0 Å². The lowest BCUT2D eigenvalue weighted by atomic mass is 10.3. The highest BCUT2D eigenvalue weighted by Gasteiger charge is 2.10. The van der Waals surface area contributed by atoms with Gasteiger partial charge in [-0.3, -0.25) is 4.79 Å². The number of amides is 1. The summed E-state index contributed by atoms with van der Waals surface area (Å²) in [5, 5.41) is 11.4. The van der Waals surface area contributed by atoms with Crippen molar-refractivity contribution in [2.24, 2.45) is 0 Å². The second kappa shape index (κ2) is 4.20. The van der Waals surface area contributed by atoms with Crippen LogP contribution in [0.5, 0.6) is 5.75 Å². The van der Waals surface area contributed by atoms with Crippen LogP contribution in [0.2, 0.25) is 0 Å². The first-order valence-corrected chi connectivity index (χ1v) is 3.61. The standard InChI is InChI=1S/C8H8N2O3/c11-5-4-10-8(13)7-6(12)2-1-3-9-7/h1-3,5,12H,4H2,(H,10,13). The van der Waals surface area contributed by atoms with Gasteiger partial charge in [-0.1, -0.05) is 0 Å². The second-order valence-electron chi connectivity index (χ2n) is 2.25. The molecule has 13 heavy (non-hydrogen) atoms. The third-order valence-corrected chi connectivity index (χ3v) is 1.35. The third-order valence-electron chi connectivity index (χ3n) is 1.35. The molecule has 1 aromatic heterocycles. The molecule has 0 unspecified atom stereocenters. The molecule has 0 saturated carbocycles. The van der Waals surface area contributed by atoms with Crippen LogP contribution in [0.15, 0.2) is 18.3 Å². The molecule has 1 rings (SSSR count). The predicted molar refractivity (Wildman–Crippen MR) is 44.3 cm³/mol. The molecule has 0 radical (unpaired) electrons. The summed E-state index contributed by atoms with van der Waals surface area (Å²) in [6.07, 6.45) is 1.94. The van der Waals surface area contributed by atoms with Gasteiger partial charge in [0.15, 0.2) is 5.69 Å². The maximum Gasteiger partial charge on any atom is 0.274 e. The molecule has 0 bridgehead atoms. The molecule has 2 N–H and O–H groups in total. The highest BCUT2D eigenvalue weighted by Crippen LogP contribution is 2.11. The molecule has 1 heterocycles. The van der Waals surface area contributed by atoms with E-state index in [4.69, 9.17) is 5.11 Å². The molecule has 68 valence electrons. The number of hydrogen-bond donors (Lipinski definition) is 2. The van der Waals surface area contributed by atoms with Gasteiger partial charge >= 0.3 is 0 Å². The van der Waals surface area contributed by atoms with Gasteiger partial charge in [0.2, 0.25) is 0 Å². The average molecular weight is 180 g/mol. The van der Waals surface area contributed by atoms with Crippen LogP contribution in [0.4, 0.5) is 0 Å². The van der Waals surface area contributed by atoms with Crippen molar-refractivity contribution in [3.63, 3.8) is 0 Å².